The topological polar surface area (TPSA) is 89.0 Å². The maximum absolute atomic E-state index is 12.0. The summed E-state index contributed by atoms with van der Waals surface area (Å²) in [7, 11) is 3.08. The molecule has 0 saturated carbocycles. The molecule has 28 heavy (non-hydrogen) atoms. The number of benzene rings is 2. The lowest BCUT2D eigenvalue weighted by molar-refractivity contribution is -0.126. The van der Waals surface area contributed by atoms with Crippen molar-refractivity contribution in [2.75, 3.05) is 19.5 Å². The summed E-state index contributed by atoms with van der Waals surface area (Å²) in [6.45, 7) is 3.95. The molecule has 0 unspecified atom stereocenters. The van der Waals surface area contributed by atoms with Gasteiger partial charge in [0.1, 0.15) is 17.9 Å². The van der Waals surface area contributed by atoms with Gasteiger partial charge in [-0.1, -0.05) is 6.07 Å². The lowest BCUT2D eigenvalue weighted by Crippen LogP contribution is -2.24. The minimum absolute atomic E-state index is 0.340. The van der Waals surface area contributed by atoms with E-state index in [4.69, 9.17) is 9.47 Å². The Hall–Kier alpha value is -2.87. The molecule has 2 rings (SSSR count). The second-order valence-corrected chi connectivity index (χ2v) is 6.90. The number of hydrazone groups is 1. The molecule has 2 aromatic carbocycles. The molecule has 0 fully saturated rings. The molecule has 0 spiro atoms. The molecular weight excluding hydrogens is 426 g/mol. The number of amides is 2. The summed E-state index contributed by atoms with van der Waals surface area (Å²) in [5.41, 5.74) is 5.81. The number of hydrogen-bond acceptors (Lipinski definition) is 5. The number of rotatable bonds is 7. The number of ether oxygens (including phenoxy) is 2. The fourth-order valence-electron chi connectivity index (χ4n) is 2.37. The van der Waals surface area contributed by atoms with E-state index in [1.807, 2.05) is 26.0 Å². The Morgan fingerprint density at radius 2 is 1.75 bits per heavy atom. The third-order valence-electron chi connectivity index (χ3n) is 4.01. The average Bonchev–Trinajstić information content (AvgIpc) is 2.64. The number of carbonyl (C=O) groups is 2. The zero-order chi connectivity index (χ0) is 20.7. The molecule has 0 saturated heterocycles. The Morgan fingerprint density at radius 1 is 1.04 bits per heavy atom. The molecule has 0 aliphatic rings. The Labute approximate surface area is 172 Å². The zero-order valence-corrected chi connectivity index (χ0v) is 17.7. The Kier molecular flexibility index (Phi) is 7.57. The highest BCUT2D eigenvalue weighted by molar-refractivity contribution is 9.10. The summed E-state index contributed by atoms with van der Waals surface area (Å²) in [6.07, 6.45) is 1.09. The normalized spacial score (nSPS) is 10.6. The molecule has 0 aliphatic carbocycles. The van der Waals surface area contributed by atoms with Crippen LogP contribution >= 0.6 is 15.9 Å². The van der Waals surface area contributed by atoms with E-state index in [1.165, 1.54) is 13.3 Å². The summed E-state index contributed by atoms with van der Waals surface area (Å²) < 4.78 is 11.2. The van der Waals surface area contributed by atoms with E-state index in [1.54, 1.807) is 25.3 Å². The Balaban J connectivity index is 1.93. The van der Waals surface area contributed by atoms with Gasteiger partial charge in [0.15, 0.2) is 0 Å². The van der Waals surface area contributed by atoms with Gasteiger partial charge in [-0.15, -0.1) is 0 Å². The van der Waals surface area contributed by atoms with Gasteiger partial charge in [0.2, 0.25) is 11.8 Å². The third kappa shape index (κ3) is 5.82. The van der Waals surface area contributed by atoms with Gasteiger partial charge in [-0.3, -0.25) is 9.59 Å². The fraction of sp³-hybridized carbons (Fsp3) is 0.250. The highest BCUT2D eigenvalue weighted by Crippen LogP contribution is 2.31. The molecule has 148 valence electrons. The zero-order valence-electron chi connectivity index (χ0n) is 16.1. The number of anilines is 1. The number of halogens is 1. The number of nitrogens with one attached hydrogen (secondary N) is 2. The van der Waals surface area contributed by atoms with Crippen LogP contribution in [0.25, 0.3) is 0 Å². The Bertz CT molecular complexity index is 913. The van der Waals surface area contributed by atoms with Crippen LogP contribution in [-0.4, -0.2) is 32.2 Å². The van der Waals surface area contributed by atoms with Crippen molar-refractivity contribution in [3.05, 3.63) is 51.5 Å². The summed E-state index contributed by atoms with van der Waals surface area (Å²) >= 11 is 3.38. The van der Waals surface area contributed by atoms with Gasteiger partial charge in [0.25, 0.3) is 0 Å². The molecule has 0 bridgehead atoms. The maximum Gasteiger partial charge on any atom is 0.249 e. The molecule has 0 radical (unpaired) electrons. The highest BCUT2D eigenvalue weighted by atomic mass is 79.9. The number of methoxy groups -OCH3 is 2. The van der Waals surface area contributed by atoms with Crippen molar-refractivity contribution in [3.63, 3.8) is 0 Å². The molecule has 2 amide bonds. The highest BCUT2D eigenvalue weighted by Gasteiger charge is 2.11. The van der Waals surface area contributed by atoms with Gasteiger partial charge in [-0.2, -0.15) is 5.10 Å². The summed E-state index contributed by atoms with van der Waals surface area (Å²) in [5, 5.41) is 6.58. The van der Waals surface area contributed by atoms with E-state index >= 15 is 0 Å². The van der Waals surface area contributed by atoms with Crippen molar-refractivity contribution in [1.29, 1.82) is 0 Å². The van der Waals surface area contributed by atoms with Gasteiger partial charge >= 0.3 is 0 Å². The van der Waals surface area contributed by atoms with Crippen molar-refractivity contribution in [2.24, 2.45) is 5.10 Å². The first-order valence-corrected chi connectivity index (χ1v) is 9.24. The van der Waals surface area contributed by atoms with E-state index in [0.717, 1.165) is 15.6 Å². The standard InChI is InChI=1S/C20H22BrN3O4/c1-12-5-6-15(7-13(12)2)23-19(25)10-20(26)24-22-11-14-8-16(21)18(28-4)9-17(14)27-3/h5-9,11H,10H2,1-4H3,(H,23,25)(H,24,26). The monoisotopic (exact) mass is 447 g/mol. The van der Waals surface area contributed by atoms with Crippen LogP contribution in [0.15, 0.2) is 39.9 Å². The van der Waals surface area contributed by atoms with Crippen molar-refractivity contribution >= 4 is 39.6 Å². The Morgan fingerprint density at radius 3 is 2.39 bits per heavy atom. The summed E-state index contributed by atoms with van der Waals surface area (Å²) in [6, 6.07) is 9.01. The second-order valence-electron chi connectivity index (χ2n) is 6.05. The maximum atomic E-state index is 12.0. The van der Waals surface area contributed by atoms with Crippen molar-refractivity contribution in [2.45, 2.75) is 20.3 Å². The molecule has 0 atom stereocenters. The molecule has 2 aromatic rings. The largest absolute Gasteiger partial charge is 0.496 e. The molecule has 0 aliphatic heterocycles. The molecule has 2 N–H and O–H groups in total. The first-order valence-electron chi connectivity index (χ1n) is 8.44. The lowest BCUT2D eigenvalue weighted by atomic mass is 10.1. The number of carbonyl (C=O) groups excluding carboxylic acids is 2. The average molecular weight is 448 g/mol. The minimum Gasteiger partial charge on any atom is -0.496 e. The smallest absolute Gasteiger partial charge is 0.249 e. The number of hydrogen-bond donors (Lipinski definition) is 2. The molecule has 8 heteroatoms. The molecule has 0 heterocycles. The predicted molar refractivity (Wildman–Crippen MR) is 112 cm³/mol. The quantitative estimate of drug-likeness (QED) is 0.385. The summed E-state index contributed by atoms with van der Waals surface area (Å²) in [4.78, 5) is 23.9. The first kappa shape index (κ1) is 21.4. The van der Waals surface area contributed by atoms with E-state index < -0.39 is 11.8 Å². The van der Waals surface area contributed by atoms with Crippen molar-refractivity contribution in [3.8, 4) is 11.5 Å². The van der Waals surface area contributed by atoms with Gasteiger partial charge < -0.3 is 14.8 Å². The van der Waals surface area contributed by atoms with Crippen LogP contribution in [0.3, 0.4) is 0 Å². The van der Waals surface area contributed by atoms with Crippen LogP contribution in [0.5, 0.6) is 11.5 Å². The molecular formula is C20H22BrN3O4. The predicted octanol–water partition coefficient (Wildman–Crippen LogP) is 3.56. The van der Waals surface area contributed by atoms with Crippen molar-refractivity contribution in [1.82, 2.24) is 5.43 Å². The van der Waals surface area contributed by atoms with Crippen molar-refractivity contribution < 1.29 is 19.1 Å². The van der Waals surface area contributed by atoms with E-state index in [9.17, 15) is 9.59 Å². The number of nitrogens with zero attached hydrogens (tertiary/aromatic N) is 1. The van der Waals surface area contributed by atoms with Crippen LogP contribution in [0.4, 0.5) is 5.69 Å². The minimum atomic E-state index is -0.524. The van der Waals surface area contributed by atoms with E-state index in [-0.39, 0.29) is 6.42 Å². The van der Waals surface area contributed by atoms with Gasteiger partial charge in [-0.25, -0.2) is 5.43 Å². The van der Waals surface area contributed by atoms with E-state index in [0.29, 0.717) is 22.7 Å². The first-order chi connectivity index (χ1) is 13.3. The fourth-order valence-corrected chi connectivity index (χ4v) is 2.89. The lowest BCUT2D eigenvalue weighted by Gasteiger charge is -2.09. The second kappa shape index (κ2) is 9.89. The van der Waals surface area contributed by atoms with Gasteiger partial charge in [0, 0.05) is 17.3 Å². The molecule has 7 nitrogen and oxygen atoms in total. The van der Waals surface area contributed by atoms with Crippen LogP contribution in [0, 0.1) is 13.8 Å². The number of aryl methyl sites for hydroxylation is 2. The van der Waals surface area contributed by atoms with Crippen LogP contribution in [-0.2, 0) is 9.59 Å². The van der Waals surface area contributed by atoms with Crippen LogP contribution < -0.4 is 20.2 Å². The third-order valence-corrected chi connectivity index (χ3v) is 4.63. The van der Waals surface area contributed by atoms with Crippen LogP contribution in [0.1, 0.15) is 23.1 Å². The van der Waals surface area contributed by atoms with E-state index in [2.05, 4.69) is 31.8 Å². The van der Waals surface area contributed by atoms with Crippen LogP contribution in [0.2, 0.25) is 0 Å². The van der Waals surface area contributed by atoms with Gasteiger partial charge in [-0.05, 0) is 59.1 Å². The summed E-state index contributed by atoms with van der Waals surface area (Å²) in [5.74, 6) is 0.205. The molecule has 0 aromatic heterocycles. The SMILES string of the molecule is COc1cc(OC)c(C=NNC(=O)CC(=O)Nc2ccc(C)c(C)c2)cc1Br. The van der Waals surface area contributed by atoms with Gasteiger partial charge in [0.05, 0.1) is 24.9 Å².